The van der Waals surface area contributed by atoms with Crippen LogP contribution in [0.15, 0.2) is 164 Å². The molecule has 5 aromatic heterocycles. The molecule has 0 spiro atoms. The van der Waals surface area contributed by atoms with Gasteiger partial charge in [0, 0.05) is 60.6 Å². The van der Waals surface area contributed by atoms with Crippen LogP contribution in [0.3, 0.4) is 0 Å². The smallest absolute Gasteiger partial charge is 0.140 e. The maximum Gasteiger partial charge on any atom is 0.140 e. The number of nitrogens with zero attached hydrogens (tertiary/aromatic N) is 5. The Morgan fingerprint density at radius 2 is 1.00 bits per heavy atom. The van der Waals surface area contributed by atoms with Crippen LogP contribution in [-0.4, -0.2) is 23.3 Å². The van der Waals surface area contributed by atoms with Crippen LogP contribution < -0.4 is 0 Å². The first kappa shape index (κ1) is 31.8. The first-order valence-corrected chi connectivity index (χ1v) is 20.4. The molecule has 13 rings (SSSR count). The molecule has 0 unspecified atom stereocenters. The Hall–Kier alpha value is -7.37. The summed E-state index contributed by atoms with van der Waals surface area (Å²) in [6.45, 7) is 0. The van der Waals surface area contributed by atoms with Gasteiger partial charge in [0.1, 0.15) is 11.6 Å². The van der Waals surface area contributed by atoms with Crippen LogP contribution in [0.25, 0.3) is 101 Å². The number of hydrogen-bond acceptors (Lipinski definition) is 1. The number of pyridine rings is 1. The highest BCUT2D eigenvalue weighted by molar-refractivity contribution is 6.26. The molecule has 2 aliphatic carbocycles. The lowest BCUT2D eigenvalue weighted by Gasteiger charge is -2.15. The van der Waals surface area contributed by atoms with Crippen molar-refractivity contribution in [3.63, 3.8) is 0 Å². The minimum atomic E-state index is 0.909. The maximum atomic E-state index is 5.68. The molecule has 0 bridgehead atoms. The van der Waals surface area contributed by atoms with E-state index >= 15 is 0 Å². The molecule has 0 radical (unpaired) electrons. The number of allylic oxidation sites excluding steroid dienone is 2. The second-order valence-electron chi connectivity index (χ2n) is 15.7. The van der Waals surface area contributed by atoms with Crippen molar-refractivity contribution in [3.05, 3.63) is 186 Å². The highest BCUT2D eigenvalue weighted by Crippen LogP contribution is 2.45. The lowest BCUT2D eigenvalue weighted by molar-refractivity contribution is 0.867. The van der Waals surface area contributed by atoms with Crippen molar-refractivity contribution >= 4 is 77.6 Å². The van der Waals surface area contributed by atoms with Gasteiger partial charge >= 0.3 is 0 Å². The van der Waals surface area contributed by atoms with Gasteiger partial charge < -0.3 is 9.13 Å². The number of para-hydroxylation sites is 4. The van der Waals surface area contributed by atoms with Gasteiger partial charge in [0.15, 0.2) is 0 Å². The van der Waals surface area contributed by atoms with Crippen LogP contribution in [0.2, 0.25) is 0 Å². The highest BCUT2D eigenvalue weighted by Gasteiger charge is 2.28. The Bertz CT molecular complexity index is 3550. The largest absolute Gasteiger partial charge is 0.310 e. The molecule has 11 aromatic rings. The molecule has 274 valence electrons. The summed E-state index contributed by atoms with van der Waals surface area (Å²) in [6.07, 6.45) is 13.4. The average molecular weight is 744 g/mol. The zero-order valence-corrected chi connectivity index (χ0v) is 31.8. The lowest BCUT2D eigenvalue weighted by atomic mass is 9.98. The van der Waals surface area contributed by atoms with Crippen LogP contribution in [0.1, 0.15) is 35.4 Å². The summed E-state index contributed by atoms with van der Waals surface area (Å²) in [5, 5.41) is 7.58. The van der Waals surface area contributed by atoms with E-state index in [1.165, 1.54) is 82.6 Å². The molecule has 58 heavy (non-hydrogen) atoms. The topological polar surface area (TPSA) is 32.6 Å². The molecule has 6 aromatic carbocycles. The molecule has 0 N–H and O–H groups in total. The summed E-state index contributed by atoms with van der Waals surface area (Å²) in [6, 6.07) is 55.1. The van der Waals surface area contributed by atoms with E-state index in [9.17, 15) is 0 Å². The van der Waals surface area contributed by atoms with Gasteiger partial charge in [-0.15, -0.1) is 0 Å². The normalized spacial score (nSPS) is 13.8. The van der Waals surface area contributed by atoms with E-state index in [-0.39, 0.29) is 0 Å². The molecule has 0 aliphatic heterocycles. The predicted molar refractivity (Wildman–Crippen MR) is 241 cm³/mol. The molecule has 0 atom stereocenters. The van der Waals surface area contributed by atoms with E-state index in [0.29, 0.717) is 0 Å². The Morgan fingerprint density at radius 1 is 0.397 bits per heavy atom. The van der Waals surface area contributed by atoms with Crippen molar-refractivity contribution in [2.24, 2.45) is 0 Å². The van der Waals surface area contributed by atoms with Crippen molar-refractivity contribution < 1.29 is 0 Å². The second kappa shape index (κ2) is 12.1. The molecule has 2 aliphatic rings. The van der Waals surface area contributed by atoms with Crippen molar-refractivity contribution in [2.75, 3.05) is 0 Å². The molecule has 5 heterocycles. The Labute approximate surface area is 334 Å². The first-order chi connectivity index (χ1) is 28.8. The van der Waals surface area contributed by atoms with Crippen LogP contribution in [0.4, 0.5) is 0 Å². The molecule has 5 heteroatoms. The Kier molecular flexibility index (Phi) is 6.61. The van der Waals surface area contributed by atoms with Crippen molar-refractivity contribution in [3.8, 4) is 23.0 Å². The summed E-state index contributed by atoms with van der Waals surface area (Å²) in [7, 11) is 0. The quantitative estimate of drug-likeness (QED) is 0.177. The van der Waals surface area contributed by atoms with Crippen molar-refractivity contribution in [1.29, 1.82) is 0 Å². The maximum absolute atomic E-state index is 5.68. The molecule has 0 saturated carbocycles. The van der Waals surface area contributed by atoms with Gasteiger partial charge in [-0.3, -0.25) is 9.13 Å². The molecular weight excluding hydrogens is 707 g/mol. The van der Waals surface area contributed by atoms with E-state index in [1.54, 1.807) is 0 Å². The fourth-order valence-electron chi connectivity index (χ4n) is 10.4. The number of fused-ring (bicyclic) bond motifs is 14. The van der Waals surface area contributed by atoms with Gasteiger partial charge in [-0.1, -0.05) is 109 Å². The van der Waals surface area contributed by atoms with Crippen molar-refractivity contribution in [2.45, 2.75) is 25.7 Å². The van der Waals surface area contributed by atoms with E-state index < -0.39 is 0 Å². The van der Waals surface area contributed by atoms with Crippen LogP contribution in [-0.2, 0) is 12.8 Å². The molecule has 5 nitrogen and oxygen atoms in total. The van der Waals surface area contributed by atoms with E-state index in [2.05, 4.69) is 194 Å². The number of aromatic nitrogens is 5. The highest BCUT2D eigenvalue weighted by atomic mass is 15.1. The number of aryl methyl sites for hydroxylation is 1. The summed E-state index contributed by atoms with van der Waals surface area (Å²) < 4.78 is 9.80. The van der Waals surface area contributed by atoms with Gasteiger partial charge in [-0.2, -0.15) is 0 Å². The van der Waals surface area contributed by atoms with Crippen LogP contribution >= 0.6 is 0 Å². The third kappa shape index (κ3) is 4.28. The molecule has 0 fully saturated rings. The third-order valence-electron chi connectivity index (χ3n) is 12.7. The zero-order valence-electron chi connectivity index (χ0n) is 31.8. The Balaban J connectivity index is 1.11. The van der Waals surface area contributed by atoms with E-state index in [4.69, 9.17) is 4.98 Å². The van der Waals surface area contributed by atoms with E-state index in [0.717, 1.165) is 54.0 Å². The van der Waals surface area contributed by atoms with E-state index in [1.807, 2.05) is 0 Å². The minimum absolute atomic E-state index is 0.909. The van der Waals surface area contributed by atoms with Crippen LogP contribution in [0.5, 0.6) is 0 Å². The van der Waals surface area contributed by atoms with Gasteiger partial charge in [-0.05, 0) is 98.0 Å². The van der Waals surface area contributed by atoms with Gasteiger partial charge in [0.05, 0.1) is 33.1 Å². The summed E-state index contributed by atoms with van der Waals surface area (Å²) >= 11 is 0. The molecule has 0 amide bonds. The monoisotopic (exact) mass is 743 g/mol. The SMILES string of the molecule is C1=Cc2c(c3c(ccc4c5c(n(-c6cccc(-n7c8ccccc8c8c7ccc7c9ccccc9n(-c9ccccc9)c78)n6)c43)CCC=C5)n2-c2ccccc2)CC1. The molecular formula is C53H37N5. The summed E-state index contributed by atoms with van der Waals surface area (Å²) in [5.41, 5.74) is 14.9. The second-order valence-corrected chi connectivity index (χ2v) is 15.7. The predicted octanol–water partition coefficient (Wildman–Crippen LogP) is 13.1. The summed E-state index contributed by atoms with van der Waals surface area (Å²) in [4.78, 5) is 5.68. The average Bonchev–Trinajstić information content (AvgIpc) is 4.02. The van der Waals surface area contributed by atoms with Crippen molar-refractivity contribution in [1.82, 2.24) is 23.3 Å². The minimum Gasteiger partial charge on any atom is -0.310 e. The van der Waals surface area contributed by atoms with Gasteiger partial charge in [0.2, 0.25) is 0 Å². The number of hydrogen-bond donors (Lipinski definition) is 0. The number of rotatable bonds is 4. The number of benzene rings is 6. The van der Waals surface area contributed by atoms with Gasteiger partial charge in [0.25, 0.3) is 0 Å². The lowest BCUT2D eigenvalue weighted by Crippen LogP contribution is -2.07. The molecule has 0 saturated heterocycles. The summed E-state index contributed by atoms with van der Waals surface area (Å²) in [5.74, 6) is 1.86. The van der Waals surface area contributed by atoms with Gasteiger partial charge in [-0.25, -0.2) is 4.98 Å². The fraction of sp³-hybridized carbons (Fsp3) is 0.0755. The standard InChI is InChI=1S/C53H37N5/c1-3-16-34(17-4-1)55-44-26-13-9-22-40(44)50-46(55)32-30-39-37-21-8-12-25-43(37)58(53(39)50)49-29-15-28-48(54-49)57-45-27-14-10-23-41(45)51-47(57)33-31-38-36-20-7-11-24-42(36)56(52(38)51)35-18-5-2-6-19-35/h1-8,10-11,13-21,23-24,26-33H,9,12,22,25H2. The first-order valence-electron chi connectivity index (χ1n) is 20.4. The Morgan fingerprint density at radius 3 is 1.79 bits per heavy atom. The zero-order chi connectivity index (χ0) is 37.9. The fourth-order valence-corrected chi connectivity index (χ4v) is 10.4. The van der Waals surface area contributed by atoms with Crippen LogP contribution in [0, 0.1) is 0 Å². The third-order valence-corrected chi connectivity index (χ3v) is 12.7.